The summed E-state index contributed by atoms with van der Waals surface area (Å²) in [5.74, 6) is 1.21. The zero-order valence-electron chi connectivity index (χ0n) is 16.2. The first kappa shape index (κ1) is 18.0. The molecule has 1 aromatic carbocycles. The summed E-state index contributed by atoms with van der Waals surface area (Å²) in [6, 6.07) is 3.85. The van der Waals surface area contributed by atoms with Gasteiger partial charge in [-0.2, -0.15) is 0 Å². The van der Waals surface area contributed by atoms with Gasteiger partial charge in [-0.25, -0.2) is 4.98 Å². The van der Waals surface area contributed by atoms with Crippen LogP contribution in [0.3, 0.4) is 0 Å². The van der Waals surface area contributed by atoms with E-state index in [2.05, 4.69) is 41.3 Å². The summed E-state index contributed by atoms with van der Waals surface area (Å²) in [4.78, 5) is 35.0. The van der Waals surface area contributed by atoms with Crippen molar-refractivity contribution in [3.8, 4) is 0 Å². The lowest BCUT2D eigenvalue weighted by atomic mass is 10.0. The number of rotatable bonds is 5. The number of nitrogens with zero attached hydrogens (tertiary/aromatic N) is 2. The second-order valence-corrected chi connectivity index (χ2v) is 7.95. The lowest BCUT2D eigenvalue weighted by Crippen LogP contribution is -2.52. The molecule has 2 fully saturated rings. The Morgan fingerprint density at radius 1 is 1.22 bits per heavy atom. The van der Waals surface area contributed by atoms with E-state index in [-0.39, 0.29) is 23.8 Å². The second kappa shape index (κ2) is 7.33. The molecule has 1 atom stereocenters. The number of benzene rings is 1. The summed E-state index contributed by atoms with van der Waals surface area (Å²) >= 11 is 0. The number of nitrogens with one attached hydrogen (secondary N) is 2. The van der Waals surface area contributed by atoms with Crippen molar-refractivity contribution in [3.05, 3.63) is 29.1 Å². The molecule has 2 aliphatic rings. The van der Waals surface area contributed by atoms with Crippen LogP contribution in [0.4, 0.5) is 0 Å². The van der Waals surface area contributed by atoms with Crippen LogP contribution in [0.2, 0.25) is 0 Å². The van der Waals surface area contributed by atoms with Crippen LogP contribution < -0.4 is 5.32 Å². The van der Waals surface area contributed by atoms with Crippen molar-refractivity contribution in [2.24, 2.45) is 5.92 Å². The fourth-order valence-electron chi connectivity index (χ4n) is 3.94. The van der Waals surface area contributed by atoms with Crippen LogP contribution in [0.15, 0.2) is 12.1 Å². The average molecular weight is 368 g/mol. The highest BCUT2D eigenvalue weighted by atomic mass is 16.2. The summed E-state index contributed by atoms with van der Waals surface area (Å²) in [5.41, 5.74) is 4.46. The number of hydrogen-bond donors (Lipinski definition) is 2. The van der Waals surface area contributed by atoms with Crippen LogP contribution in [0.25, 0.3) is 11.0 Å². The second-order valence-electron chi connectivity index (χ2n) is 7.95. The van der Waals surface area contributed by atoms with Crippen LogP contribution in [0.5, 0.6) is 0 Å². The van der Waals surface area contributed by atoms with Gasteiger partial charge in [-0.1, -0.05) is 6.07 Å². The van der Waals surface area contributed by atoms with Crippen LogP contribution >= 0.6 is 0 Å². The van der Waals surface area contributed by atoms with Crippen molar-refractivity contribution in [2.45, 2.75) is 58.4 Å². The molecule has 1 aromatic heterocycles. The lowest BCUT2D eigenvalue weighted by Gasteiger charge is -2.34. The number of carbonyl (C=O) groups excluding carboxylic acids is 2. The van der Waals surface area contributed by atoms with E-state index < -0.39 is 0 Å². The molecule has 0 spiro atoms. The molecule has 1 aliphatic carbocycles. The molecule has 144 valence electrons. The normalized spacial score (nSPS) is 20.1. The number of aromatic nitrogens is 2. The molecule has 2 heterocycles. The number of fused-ring (bicyclic) bond motifs is 1. The van der Waals surface area contributed by atoms with Gasteiger partial charge >= 0.3 is 0 Å². The molecule has 0 radical (unpaired) electrons. The minimum absolute atomic E-state index is 0.0214. The van der Waals surface area contributed by atoms with Gasteiger partial charge in [-0.05, 0) is 63.1 Å². The molecule has 2 N–H and O–H groups in total. The van der Waals surface area contributed by atoms with Crippen LogP contribution in [0.1, 0.15) is 49.1 Å². The molecule has 0 unspecified atom stereocenters. The van der Waals surface area contributed by atoms with Gasteiger partial charge in [0.25, 0.3) is 0 Å². The Morgan fingerprint density at radius 2 is 2.04 bits per heavy atom. The minimum atomic E-state index is -0.299. The molecule has 1 saturated carbocycles. The molecule has 6 nitrogen and oxygen atoms in total. The van der Waals surface area contributed by atoms with E-state index in [0.29, 0.717) is 13.0 Å². The third-order valence-electron chi connectivity index (χ3n) is 5.90. The molecule has 6 heteroatoms. The fourth-order valence-corrected chi connectivity index (χ4v) is 3.94. The quantitative estimate of drug-likeness (QED) is 0.852. The Kier molecular flexibility index (Phi) is 4.89. The number of imidazole rings is 1. The molecule has 2 amide bonds. The van der Waals surface area contributed by atoms with Crippen LogP contribution in [-0.4, -0.2) is 45.8 Å². The Hall–Kier alpha value is -2.37. The number of aryl methyl sites for hydroxylation is 2. The zero-order valence-corrected chi connectivity index (χ0v) is 16.2. The minimum Gasteiger partial charge on any atom is -0.354 e. The van der Waals surface area contributed by atoms with E-state index in [1.807, 2.05) is 4.90 Å². The first-order valence-electron chi connectivity index (χ1n) is 10.1. The third-order valence-corrected chi connectivity index (χ3v) is 5.90. The number of aromatic amines is 1. The molecule has 1 saturated heterocycles. The Morgan fingerprint density at radius 3 is 2.81 bits per heavy atom. The Labute approximate surface area is 159 Å². The largest absolute Gasteiger partial charge is 0.354 e. The topological polar surface area (TPSA) is 78.1 Å². The van der Waals surface area contributed by atoms with Gasteiger partial charge in [-0.15, -0.1) is 0 Å². The highest BCUT2D eigenvalue weighted by Crippen LogP contribution is 2.33. The maximum atomic E-state index is 12.7. The molecule has 0 bridgehead atoms. The summed E-state index contributed by atoms with van der Waals surface area (Å²) in [6.45, 7) is 5.41. The van der Waals surface area contributed by atoms with Gasteiger partial charge in [0.15, 0.2) is 0 Å². The predicted molar refractivity (Wildman–Crippen MR) is 104 cm³/mol. The number of piperidine rings is 1. The van der Waals surface area contributed by atoms with E-state index in [9.17, 15) is 9.59 Å². The van der Waals surface area contributed by atoms with Crippen molar-refractivity contribution in [1.29, 1.82) is 0 Å². The predicted octanol–water partition coefficient (Wildman–Crippen LogP) is 2.63. The van der Waals surface area contributed by atoms with E-state index in [4.69, 9.17) is 0 Å². The Balaban J connectivity index is 1.36. The summed E-state index contributed by atoms with van der Waals surface area (Å²) in [7, 11) is 0. The van der Waals surface area contributed by atoms with Crippen molar-refractivity contribution in [3.63, 3.8) is 0 Å². The average Bonchev–Trinajstić information content (AvgIpc) is 3.44. The molecule has 27 heavy (non-hydrogen) atoms. The Bertz CT molecular complexity index is 868. The fraction of sp³-hybridized carbons (Fsp3) is 0.571. The van der Waals surface area contributed by atoms with Gasteiger partial charge in [0.1, 0.15) is 11.9 Å². The monoisotopic (exact) mass is 368 g/mol. The summed E-state index contributed by atoms with van der Waals surface area (Å²) < 4.78 is 0. The molecule has 1 aliphatic heterocycles. The zero-order chi connectivity index (χ0) is 19.0. The smallest absolute Gasteiger partial charge is 0.242 e. The number of hydrogen-bond acceptors (Lipinski definition) is 3. The maximum Gasteiger partial charge on any atom is 0.242 e. The first-order chi connectivity index (χ1) is 13.0. The van der Waals surface area contributed by atoms with Crippen LogP contribution in [-0.2, 0) is 16.0 Å². The first-order valence-corrected chi connectivity index (χ1v) is 10.1. The molecule has 2 aromatic rings. The van der Waals surface area contributed by atoms with Gasteiger partial charge in [0, 0.05) is 25.4 Å². The lowest BCUT2D eigenvalue weighted by molar-refractivity contribution is -0.143. The van der Waals surface area contributed by atoms with Crippen molar-refractivity contribution in [2.75, 3.05) is 13.1 Å². The molecule has 4 rings (SSSR count). The number of H-pyrrole nitrogens is 1. The van der Waals surface area contributed by atoms with Crippen molar-refractivity contribution >= 4 is 22.8 Å². The SMILES string of the molecule is Cc1ccc2[nH]c(CCNC(=O)[C@H]3CCCCN3C(=O)C3CC3)nc2c1C. The maximum absolute atomic E-state index is 12.7. The molecular formula is C21H28N4O2. The number of amides is 2. The van der Waals surface area contributed by atoms with Crippen molar-refractivity contribution in [1.82, 2.24) is 20.2 Å². The van der Waals surface area contributed by atoms with Gasteiger partial charge < -0.3 is 15.2 Å². The van der Waals surface area contributed by atoms with E-state index in [0.717, 1.165) is 55.5 Å². The van der Waals surface area contributed by atoms with Crippen LogP contribution in [0, 0.1) is 19.8 Å². The van der Waals surface area contributed by atoms with Gasteiger partial charge in [0.2, 0.25) is 11.8 Å². The van der Waals surface area contributed by atoms with Gasteiger partial charge in [-0.3, -0.25) is 9.59 Å². The summed E-state index contributed by atoms with van der Waals surface area (Å²) in [6.07, 6.45) is 5.40. The number of likely N-dealkylation sites (tertiary alicyclic amines) is 1. The van der Waals surface area contributed by atoms with Gasteiger partial charge in [0.05, 0.1) is 11.0 Å². The van der Waals surface area contributed by atoms with Crippen molar-refractivity contribution < 1.29 is 9.59 Å². The standard InChI is InChI=1S/C21H28N4O2/c1-13-6-9-16-19(14(13)2)24-18(23-16)10-11-22-20(26)17-5-3-4-12-25(17)21(27)15-7-8-15/h6,9,15,17H,3-5,7-8,10-12H2,1-2H3,(H,22,26)(H,23,24)/t17-/m1/s1. The highest BCUT2D eigenvalue weighted by molar-refractivity contribution is 5.89. The highest BCUT2D eigenvalue weighted by Gasteiger charge is 2.39. The van der Waals surface area contributed by atoms with E-state index >= 15 is 0 Å². The van der Waals surface area contributed by atoms with E-state index in [1.165, 1.54) is 11.1 Å². The van der Waals surface area contributed by atoms with E-state index in [1.54, 1.807) is 0 Å². The third kappa shape index (κ3) is 3.70. The number of carbonyl (C=O) groups is 2. The summed E-state index contributed by atoms with van der Waals surface area (Å²) in [5, 5.41) is 3.02. The molecular weight excluding hydrogens is 340 g/mol.